The van der Waals surface area contributed by atoms with Crippen LogP contribution < -0.4 is 0 Å². The van der Waals surface area contributed by atoms with Crippen LogP contribution >= 0.6 is 0 Å². The quantitative estimate of drug-likeness (QED) is 0.304. The van der Waals surface area contributed by atoms with Crippen LogP contribution in [0.1, 0.15) is 116 Å². The van der Waals surface area contributed by atoms with Gasteiger partial charge in [0.2, 0.25) is 0 Å². The average molecular weight is 563 g/mol. The predicted octanol–water partition coefficient (Wildman–Crippen LogP) is 9.87. The van der Waals surface area contributed by atoms with Crippen molar-refractivity contribution in [2.24, 2.45) is 15.0 Å². The van der Waals surface area contributed by atoms with Crippen molar-refractivity contribution in [2.75, 3.05) is 0 Å². The van der Waals surface area contributed by atoms with E-state index < -0.39 is 0 Å². The minimum atomic E-state index is 0.714. The first-order chi connectivity index (χ1) is 20.4. The third-order valence-electron chi connectivity index (χ3n) is 9.19. The fourth-order valence-corrected chi connectivity index (χ4v) is 7.26. The van der Waals surface area contributed by atoms with E-state index in [2.05, 4.69) is 78.6 Å². The van der Waals surface area contributed by atoms with E-state index in [0.29, 0.717) is 5.57 Å². The van der Waals surface area contributed by atoms with Crippen LogP contribution in [0.25, 0.3) is 12.2 Å². The van der Waals surface area contributed by atoms with Gasteiger partial charge in [0.25, 0.3) is 0 Å². The van der Waals surface area contributed by atoms with E-state index in [4.69, 9.17) is 15.0 Å². The lowest BCUT2D eigenvalue weighted by atomic mass is 9.89. The fourth-order valence-electron chi connectivity index (χ4n) is 7.26. The number of nitrogens with one attached hydrogen (secondary N) is 1. The van der Waals surface area contributed by atoms with Crippen molar-refractivity contribution in [3.8, 4) is 0 Å². The van der Waals surface area contributed by atoms with Gasteiger partial charge < -0.3 is 10.1 Å². The zero-order chi connectivity index (χ0) is 30.1. The van der Waals surface area contributed by atoms with E-state index in [1.807, 2.05) is 0 Å². The maximum Gasteiger partial charge on any atom is 0.0907 e. The van der Waals surface area contributed by atoms with Crippen molar-refractivity contribution >= 4 is 29.3 Å². The lowest BCUT2D eigenvalue weighted by Crippen LogP contribution is -2.15. The second kappa shape index (κ2) is 12.2. The van der Waals surface area contributed by atoms with Crippen LogP contribution in [0.5, 0.6) is 0 Å². The Morgan fingerprint density at radius 1 is 0.524 bits per heavy atom. The summed E-state index contributed by atoms with van der Waals surface area (Å²) >= 11 is 0. The SMILES string of the molecule is CCC1=C(CC)C2=NC1=Cc1[nH]c(c(CC)c1CC)C=C1N=C(C(CC)=C1CC)/C(=C/O)C1=NC(=C2)C(CC)=C1CC. The molecule has 0 aliphatic carbocycles. The van der Waals surface area contributed by atoms with Gasteiger partial charge in [-0.15, -0.1) is 0 Å². The Hall–Kier alpha value is -3.73. The summed E-state index contributed by atoms with van der Waals surface area (Å²) in [5.41, 5.74) is 18.8. The minimum absolute atomic E-state index is 0.714. The molecule has 1 aromatic heterocycles. The molecule has 0 aromatic carbocycles. The van der Waals surface area contributed by atoms with Gasteiger partial charge in [-0.2, -0.15) is 0 Å². The zero-order valence-electron chi connectivity index (χ0n) is 26.8. The Morgan fingerprint density at radius 3 is 1.33 bits per heavy atom. The Balaban J connectivity index is 1.90. The van der Waals surface area contributed by atoms with Gasteiger partial charge in [0.1, 0.15) is 0 Å². The number of H-pyrrole nitrogens is 1. The minimum Gasteiger partial charge on any atom is -0.515 e. The number of aliphatic imine (C=N–C) groups is 3. The van der Waals surface area contributed by atoms with Crippen LogP contribution in [0.2, 0.25) is 0 Å². The fraction of sp³-hybridized carbons (Fsp3) is 0.432. The van der Waals surface area contributed by atoms with Crippen LogP contribution in [0, 0.1) is 0 Å². The molecule has 220 valence electrons. The molecule has 0 saturated carbocycles. The van der Waals surface area contributed by atoms with Gasteiger partial charge in [-0.3, -0.25) is 0 Å². The van der Waals surface area contributed by atoms with E-state index in [0.717, 1.165) is 97.0 Å². The van der Waals surface area contributed by atoms with Crippen LogP contribution in [0.4, 0.5) is 0 Å². The van der Waals surface area contributed by atoms with Crippen molar-refractivity contribution in [3.63, 3.8) is 0 Å². The number of fused-ring (bicyclic) bond motifs is 5. The molecule has 0 atom stereocenters. The molecule has 5 heterocycles. The highest BCUT2D eigenvalue weighted by atomic mass is 16.2. The van der Waals surface area contributed by atoms with Crippen molar-refractivity contribution < 1.29 is 5.11 Å². The molecule has 4 aliphatic heterocycles. The third kappa shape index (κ3) is 4.67. The molecule has 0 amide bonds. The molecule has 5 nitrogen and oxygen atoms in total. The number of aliphatic hydroxyl groups excluding tert-OH is 1. The molecular weight excluding hydrogens is 516 g/mol. The zero-order valence-corrected chi connectivity index (χ0v) is 26.8. The first-order valence-electron chi connectivity index (χ1n) is 16.1. The molecule has 2 N–H and O–H groups in total. The molecular formula is C37H46N4O. The van der Waals surface area contributed by atoms with Gasteiger partial charge in [-0.05, 0) is 114 Å². The highest BCUT2D eigenvalue weighted by molar-refractivity contribution is 6.36. The summed E-state index contributed by atoms with van der Waals surface area (Å²) in [5, 5.41) is 10.8. The lowest BCUT2D eigenvalue weighted by Gasteiger charge is -2.12. The summed E-state index contributed by atoms with van der Waals surface area (Å²) in [6, 6.07) is 0. The summed E-state index contributed by atoms with van der Waals surface area (Å²) in [7, 11) is 0. The first-order valence-corrected chi connectivity index (χ1v) is 16.1. The Morgan fingerprint density at radius 2 is 0.929 bits per heavy atom. The summed E-state index contributed by atoms with van der Waals surface area (Å²) in [6.07, 6.45) is 15.0. The second-order valence-corrected chi connectivity index (χ2v) is 11.2. The van der Waals surface area contributed by atoms with Gasteiger partial charge in [-0.1, -0.05) is 55.4 Å². The number of aromatic amines is 1. The molecule has 5 rings (SSSR count). The van der Waals surface area contributed by atoms with E-state index in [1.54, 1.807) is 0 Å². The van der Waals surface area contributed by atoms with Crippen LogP contribution in [0.15, 0.2) is 83.4 Å². The van der Waals surface area contributed by atoms with Gasteiger partial charge >= 0.3 is 0 Å². The van der Waals surface area contributed by atoms with E-state index in [9.17, 15) is 5.11 Å². The highest BCUT2D eigenvalue weighted by Gasteiger charge is 2.33. The number of hydrogen-bond acceptors (Lipinski definition) is 4. The standard InChI is InChI=1S/C37H46N4O/c1-9-21-23(11-3)32-18-34-25(13-5)27(15-7)36(40-34)29(20-42)37-28(16-8)26(14-6)35(41-37)19-33-24(12-4)22(10-2)31(39-33)17-30(21)38-32/h17-20,38,42H,9-16H2,1-8H3/b29-20-,31-17?,34-18?,35-19?. The van der Waals surface area contributed by atoms with Crippen molar-refractivity contribution in [1.82, 2.24) is 4.98 Å². The monoisotopic (exact) mass is 562 g/mol. The maximum absolute atomic E-state index is 10.8. The molecule has 5 heteroatoms. The molecule has 8 bridgehead atoms. The Kier molecular flexibility index (Phi) is 8.68. The Bertz CT molecular complexity index is 1640. The maximum atomic E-state index is 10.8. The van der Waals surface area contributed by atoms with Gasteiger partial charge in [-0.25, -0.2) is 15.0 Å². The van der Waals surface area contributed by atoms with Crippen LogP contribution in [-0.2, 0) is 12.8 Å². The Labute approximate surface area is 251 Å². The number of hydrogen-bond donors (Lipinski definition) is 2. The normalized spacial score (nSPS) is 19.5. The molecule has 0 radical (unpaired) electrons. The molecule has 0 saturated heterocycles. The molecule has 42 heavy (non-hydrogen) atoms. The van der Waals surface area contributed by atoms with Gasteiger partial charge in [0, 0.05) is 11.4 Å². The summed E-state index contributed by atoms with van der Waals surface area (Å²) < 4.78 is 0. The van der Waals surface area contributed by atoms with Crippen molar-refractivity contribution in [2.45, 2.75) is 107 Å². The van der Waals surface area contributed by atoms with Gasteiger partial charge in [0.05, 0.1) is 46.1 Å². The molecule has 0 fully saturated rings. The number of aromatic nitrogens is 1. The summed E-state index contributed by atoms with van der Waals surface area (Å²) in [6.45, 7) is 17.7. The average Bonchev–Trinajstić information content (AvgIpc) is 3.72. The topological polar surface area (TPSA) is 73.1 Å². The number of allylic oxidation sites excluding steroid dienone is 8. The molecule has 4 aliphatic rings. The van der Waals surface area contributed by atoms with E-state index in [-0.39, 0.29) is 0 Å². The molecule has 1 aromatic rings. The number of rotatable bonds is 8. The third-order valence-corrected chi connectivity index (χ3v) is 9.19. The smallest absolute Gasteiger partial charge is 0.0907 e. The first kappa shape index (κ1) is 29.8. The van der Waals surface area contributed by atoms with Crippen LogP contribution in [0.3, 0.4) is 0 Å². The molecule has 0 unspecified atom stereocenters. The van der Waals surface area contributed by atoms with Crippen molar-refractivity contribution in [3.05, 3.63) is 91.0 Å². The lowest BCUT2D eigenvalue weighted by molar-refractivity contribution is 0.472. The van der Waals surface area contributed by atoms with E-state index in [1.165, 1.54) is 50.8 Å². The highest BCUT2D eigenvalue weighted by Crippen LogP contribution is 2.41. The second-order valence-electron chi connectivity index (χ2n) is 11.2. The van der Waals surface area contributed by atoms with Gasteiger partial charge in [0.15, 0.2) is 0 Å². The molecule has 0 spiro atoms. The van der Waals surface area contributed by atoms with Crippen molar-refractivity contribution in [1.29, 1.82) is 0 Å². The summed E-state index contributed by atoms with van der Waals surface area (Å²) in [5.74, 6) is 0. The number of nitrogens with zero attached hydrogens (tertiary/aromatic N) is 3. The van der Waals surface area contributed by atoms with Crippen LogP contribution in [-0.4, -0.2) is 27.2 Å². The number of aliphatic hydroxyl groups is 1. The predicted molar refractivity (Wildman–Crippen MR) is 179 cm³/mol. The van der Waals surface area contributed by atoms with E-state index >= 15 is 0 Å². The largest absolute Gasteiger partial charge is 0.515 e. The summed E-state index contributed by atoms with van der Waals surface area (Å²) in [4.78, 5) is 19.5.